The fraction of sp³-hybridized carbons (Fsp3) is 0.600. The highest BCUT2D eigenvalue weighted by atomic mass is 32.2. The number of ether oxygens (including phenoxy) is 3. The van der Waals surface area contributed by atoms with E-state index < -0.39 is 10.2 Å². The number of nitrogens with zero attached hydrogens (tertiary/aromatic N) is 1. The Labute approximate surface area is 136 Å². The summed E-state index contributed by atoms with van der Waals surface area (Å²) in [4.78, 5) is 0. The molecule has 2 aliphatic heterocycles. The first kappa shape index (κ1) is 16.5. The van der Waals surface area contributed by atoms with Crippen molar-refractivity contribution in [1.82, 2.24) is 9.03 Å². The van der Waals surface area contributed by atoms with Crippen LogP contribution in [0.1, 0.15) is 19.4 Å². The van der Waals surface area contributed by atoms with Crippen molar-refractivity contribution in [2.24, 2.45) is 0 Å². The van der Waals surface area contributed by atoms with E-state index >= 15 is 0 Å². The molecule has 0 bridgehead atoms. The number of fused-ring (bicyclic) bond motifs is 1. The average Bonchev–Trinajstić information content (AvgIpc) is 2.93. The first-order valence-electron chi connectivity index (χ1n) is 7.73. The Hall–Kier alpha value is -1.35. The largest absolute Gasteiger partial charge is 0.454 e. The van der Waals surface area contributed by atoms with Gasteiger partial charge in [-0.25, -0.2) is 4.72 Å². The molecule has 0 amide bonds. The molecule has 0 spiro atoms. The highest BCUT2D eigenvalue weighted by Crippen LogP contribution is 2.32. The molecule has 3 rings (SSSR count). The maximum Gasteiger partial charge on any atom is 0.279 e. The molecule has 1 saturated heterocycles. The van der Waals surface area contributed by atoms with E-state index in [2.05, 4.69) is 4.72 Å². The highest BCUT2D eigenvalue weighted by Gasteiger charge is 2.30. The van der Waals surface area contributed by atoms with Gasteiger partial charge in [-0.15, -0.1) is 0 Å². The maximum atomic E-state index is 12.4. The molecule has 0 saturated carbocycles. The topological polar surface area (TPSA) is 77.1 Å². The summed E-state index contributed by atoms with van der Waals surface area (Å²) in [6, 6.07) is 5.65. The van der Waals surface area contributed by atoms with Crippen LogP contribution in [0.2, 0.25) is 0 Å². The van der Waals surface area contributed by atoms with Crippen LogP contribution in [-0.4, -0.2) is 51.4 Å². The molecule has 2 heterocycles. The molecule has 0 radical (unpaired) electrons. The Balaban J connectivity index is 1.55. The minimum absolute atomic E-state index is 0.0933. The number of benzene rings is 1. The van der Waals surface area contributed by atoms with E-state index in [0.717, 1.165) is 11.3 Å². The zero-order chi connectivity index (χ0) is 16.4. The van der Waals surface area contributed by atoms with Gasteiger partial charge in [0.25, 0.3) is 10.2 Å². The molecular weight excluding hydrogens is 320 g/mol. The first-order chi connectivity index (χ1) is 10.9. The lowest BCUT2D eigenvalue weighted by molar-refractivity contribution is -0.0443. The summed E-state index contributed by atoms with van der Waals surface area (Å²) >= 11 is 0. The molecule has 7 nitrogen and oxygen atoms in total. The lowest BCUT2D eigenvalue weighted by Crippen LogP contribution is -2.52. The van der Waals surface area contributed by atoms with Crippen LogP contribution in [0.3, 0.4) is 0 Å². The Bertz CT molecular complexity index is 654. The van der Waals surface area contributed by atoms with Gasteiger partial charge < -0.3 is 14.2 Å². The van der Waals surface area contributed by atoms with Gasteiger partial charge in [0.15, 0.2) is 11.5 Å². The van der Waals surface area contributed by atoms with E-state index in [0.29, 0.717) is 31.8 Å². The molecular formula is C15H22N2O5S. The van der Waals surface area contributed by atoms with Crippen LogP contribution in [0, 0.1) is 0 Å². The number of morpholine rings is 1. The minimum Gasteiger partial charge on any atom is -0.454 e. The van der Waals surface area contributed by atoms with Gasteiger partial charge in [0.05, 0.1) is 12.2 Å². The molecule has 8 heteroatoms. The van der Waals surface area contributed by atoms with Crippen molar-refractivity contribution in [3.63, 3.8) is 0 Å². The molecule has 0 aliphatic carbocycles. The van der Waals surface area contributed by atoms with Gasteiger partial charge >= 0.3 is 0 Å². The Morgan fingerprint density at radius 3 is 2.61 bits per heavy atom. The third kappa shape index (κ3) is 3.95. The van der Waals surface area contributed by atoms with Crippen molar-refractivity contribution in [2.75, 3.05) is 26.4 Å². The molecule has 1 fully saturated rings. The van der Waals surface area contributed by atoms with Crippen molar-refractivity contribution < 1.29 is 22.6 Å². The van der Waals surface area contributed by atoms with Crippen LogP contribution >= 0.6 is 0 Å². The van der Waals surface area contributed by atoms with Crippen LogP contribution in [0.5, 0.6) is 11.5 Å². The third-order valence-corrected chi connectivity index (χ3v) is 5.41. The first-order valence-corrected chi connectivity index (χ1v) is 9.17. The summed E-state index contributed by atoms with van der Waals surface area (Å²) in [5, 5.41) is 0. The van der Waals surface area contributed by atoms with Gasteiger partial charge in [-0.3, -0.25) is 0 Å². The summed E-state index contributed by atoms with van der Waals surface area (Å²) in [5.41, 5.74) is 1.00. The molecule has 0 aromatic heterocycles. The summed E-state index contributed by atoms with van der Waals surface area (Å²) < 4.78 is 45.0. The molecule has 1 N–H and O–H groups in total. The van der Waals surface area contributed by atoms with Crippen molar-refractivity contribution in [1.29, 1.82) is 0 Å². The van der Waals surface area contributed by atoms with Crippen molar-refractivity contribution >= 4 is 10.2 Å². The quantitative estimate of drug-likeness (QED) is 0.860. The SMILES string of the molecule is CC1CN(S(=O)(=O)NCCc2ccc3c(c2)OCO3)CC(C)O1. The third-order valence-electron chi connectivity index (χ3n) is 3.86. The van der Waals surface area contributed by atoms with Crippen LogP contribution < -0.4 is 14.2 Å². The molecule has 1 aromatic carbocycles. The zero-order valence-electron chi connectivity index (χ0n) is 13.3. The molecule has 2 unspecified atom stereocenters. The smallest absolute Gasteiger partial charge is 0.279 e. The van der Waals surface area contributed by atoms with Crippen LogP contribution in [0.25, 0.3) is 0 Å². The second-order valence-electron chi connectivity index (χ2n) is 5.91. The molecule has 128 valence electrons. The molecule has 2 aliphatic rings. The van der Waals surface area contributed by atoms with Gasteiger partial charge in [0, 0.05) is 19.6 Å². The van der Waals surface area contributed by atoms with Crippen LogP contribution in [0.4, 0.5) is 0 Å². The fourth-order valence-electron chi connectivity index (χ4n) is 2.84. The van der Waals surface area contributed by atoms with E-state index in [1.165, 1.54) is 4.31 Å². The van der Waals surface area contributed by atoms with E-state index in [1.54, 1.807) is 0 Å². The van der Waals surface area contributed by atoms with E-state index in [1.807, 2.05) is 32.0 Å². The van der Waals surface area contributed by atoms with Crippen molar-refractivity contribution in [3.8, 4) is 11.5 Å². The van der Waals surface area contributed by atoms with Crippen molar-refractivity contribution in [3.05, 3.63) is 23.8 Å². The Morgan fingerprint density at radius 1 is 1.17 bits per heavy atom. The summed E-state index contributed by atoms with van der Waals surface area (Å²) in [7, 11) is -3.48. The molecule has 23 heavy (non-hydrogen) atoms. The van der Waals surface area contributed by atoms with E-state index in [-0.39, 0.29) is 19.0 Å². The van der Waals surface area contributed by atoms with E-state index in [4.69, 9.17) is 14.2 Å². The minimum atomic E-state index is -3.48. The normalized spacial score (nSPS) is 24.8. The number of rotatable bonds is 5. The van der Waals surface area contributed by atoms with Crippen molar-refractivity contribution in [2.45, 2.75) is 32.5 Å². The summed E-state index contributed by atoms with van der Waals surface area (Å²) in [5.74, 6) is 1.44. The highest BCUT2D eigenvalue weighted by molar-refractivity contribution is 7.87. The van der Waals surface area contributed by atoms with Gasteiger partial charge in [0.2, 0.25) is 6.79 Å². The zero-order valence-corrected chi connectivity index (χ0v) is 14.1. The van der Waals surface area contributed by atoms with Crippen LogP contribution in [0.15, 0.2) is 18.2 Å². The summed E-state index contributed by atoms with van der Waals surface area (Å²) in [6.45, 7) is 5.09. The monoisotopic (exact) mass is 342 g/mol. The maximum absolute atomic E-state index is 12.4. The average molecular weight is 342 g/mol. The number of hydrogen-bond acceptors (Lipinski definition) is 5. The van der Waals surface area contributed by atoms with Gasteiger partial charge in [0.1, 0.15) is 0 Å². The lowest BCUT2D eigenvalue weighted by atomic mass is 10.1. The second-order valence-corrected chi connectivity index (χ2v) is 7.67. The number of hydrogen-bond donors (Lipinski definition) is 1. The Kier molecular flexibility index (Phi) is 4.77. The standard InChI is InChI=1S/C15H22N2O5S/c1-11-8-17(9-12(2)22-11)23(18,19)16-6-5-13-3-4-14-15(7-13)21-10-20-14/h3-4,7,11-12,16H,5-6,8-10H2,1-2H3. The van der Waals surface area contributed by atoms with E-state index in [9.17, 15) is 8.42 Å². The predicted molar refractivity (Wildman–Crippen MR) is 84.8 cm³/mol. The molecule has 2 atom stereocenters. The van der Waals surface area contributed by atoms with Crippen LogP contribution in [-0.2, 0) is 21.4 Å². The molecule has 1 aromatic rings. The fourth-order valence-corrected chi connectivity index (χ4v) is 4.19. The number of nitrogens with one attached hydrogen (secondary N) is 1. The van der Waals surface area contributed by atoms with Gasteiger partial charge in [-0.1, -0.05) is 6.07 Å². The van der Waals surface area contributed by atoms with Gasteiger partial charge in [-0.05, 0) is 38.0 Å². The Morgan fingerprint density at radius 2 is 1.87 bits per heavy atom. The van der Waals surface area contributed by atoms with Gasteiger partial charge in [-0.2, -0.15) is 12.7 Å². The summed E-state index contributed by atoms with van der Waals surface area (Å²) in [6.07, 6.45) is 0.402. The second kappa shape index (κ2) is 6.64. The predicted octanol–water partition coefficient (Wildman–Crippen LogP) is 0.901. The lowest BCUT2D eigenvalue weighted by Gasteiger charge is -2.34.